The number of anilines is 1. The zero-order valence-electron chi connectivity index (χ0n) is 12.7. The van der Waals surface area contributed by atoms with E-state index >= 15 is 0 Å². The minimum Gasteiger partial charge on any atom is -0.478 e. The molecule has 2 N–H and O–H groups in total. The Morgan fingerprint density at radius 3 is 2.61 bits per heavy atom. The van der Waals surface area contributed by atoms with Crippen LogP contribution in [0.3, 0.4) is 0 Å². The second-order valence-electron chi connectivity index (χ2n) is 5.26. The van der Waals surface area contributed by atoms with Crippen LogP contribution in [0, 0.1) is 11.6 Å². The first-order valence-electron chi connectivity index (χ1n) is 7.16. The fourth-order valence-corrected chi connectivity index (χ4v) is 2.17. The number of halogens is 2. The smallest absolute Gasteiger partial charge is 0.335 e. The molecule has 0 radical (unpaired) electrons. The maximum absolute atomic E-state index is 13.6. The Labute approximate surface area is 133 Å². The predicted molar refractivity (Wildman–Crippen MR) is 84.6 cm³/mol. The van der Waals surface area contributed by atoms with E-state index in [0.29, 0.717) is 25.2 Å². The Morgan fingerprint density at radius 2 is 1.91 bits per heavy atom. The van der Waals surface area contributed by atoms with Crippen LogP contribution >= 0.6 is 0 Å². The molecule has 0 saturated carbocycles. The molecule has 0 aromatic heterocycles. The van der Waals surface area contributed by atoms with Crippen molar-refractivity contribution in [2.45, 2.75) is 6.54 Å². The van der Waals surface area contributed by atoms with E-state index < -0.39 is 11.8 Å². The summed E-state index contributed by atoms with van der Waals surface area (Å²) in [6.07, 6.45) is 0. The summed E-state index contributed by atoms with van der Waals surface area (Å²) in [5, 5.41) is 11.8. The Hall–Kier alpha value is -2.47. The number of aromatic carboxylic acids is 1. The molecule has 0 unspecified atom stereocenters. The summed E-state index contributed by atoms with van der Waals surface area (Å²) < 4.78 is 27.2. The molecule has 23 heavy (non-hydrogen) atoms. The molecule has 0 aliphatic heterocycles. The lowest BCUT2D eigenvalue weighted by molar-refractivity contribution is 0.0697. The molecule has 6 heteroatoms. The van der Waals surface area contributed by atoms with Gasteiger partial charge < -0.3 is 15.3 Å². The van der Waals surface area contributed by atoms with Crippen LogP contribution < -0.4 is 5.32 Å². The third kappa shape index (κ3) is 4.75. The summed E-state index contributed by atoms with van der Waals surface area (Å²) in [6, 6.07) is 10.1. The number of carboxylic acids is 1. The molecule has 2 aromatic rings. The van der Waals surface area contributed by atoms with Crippen LogP contribution in [0.15, 0.2) is 42.5 Å². The van der Waals surface area contributed by atoms with Gasteiger partial charge in [0.05, 0.1) is 11.3 Å². The van der Waals surface area contributed by atoms with Gasteiger partial charge in [0, 0.05) is 25.2 Å². The van der Waals surface area contributed by atoms with Gasteiger partial charge in [-0.2, -0.15) is 0 Å². The zero-order chi connectivity index (χ0) is 16.8. The summed E-state index contributed by atoms with van der Waals surface area (Å²) in [4.78, 5) is 12.8. The lowest BCUT2D eigenvalue weighted by Crippen LogP contribution is -2.25. The van der Waals surface area contributed by atoms with Crippen LogP contribution in [0.25, 0.3) is 0 Å². The second kappa shape index (κ2) is 7.69. The highest BCUT2D eigenvalue weighted by molar-refractivity contribution is 5.88. The molecule has 0 fully saturated rings. The third-order valence-corrected chi connectivity index (χ3v) is 3.42. The number of likely N-dealkylation sites (N-methyl/N-ethyl adjacent to an activating group) is 1. The van der Waals surface area contributed by atoms with Crippen LogP contribution in [-0.4, -0.2) is 36.1 Å². The van der Waals surface area contributed by atoms with E-state index in [1.165, 1.54) is 18.2 Å². The van der Waals surface area contributed by atoms with Crippen LogP contribution in [0.5, 0.6) is 0 Å². The molecule has 0 heterocycles. The Bertz CT molecular complexity index is 692. The molecule has 0 aliphatic carbocycles. The van der Waals surface area contributed by atoms with Crippen LogP contribution in [0.1, 0.15) is 15.9 Å². The maximum atomic E-state index is 13.6. The van der Waals surface area contributed by atoms with Crippen molar-refractivity contribution in [1.29, 1.82) is 0 Å². The second-order valence-corrected chi connectivity index (χ2v) is 5.26. The summed E-state index contributed by atoms with van der Waals surface area (Å²) in [6.45, 7) is 1.39. The van der Waals surface area contributed by atoms with Crippen molar-refractivity contribution in [1.82, 2.24) is 4.90 Å². The van der Waals surface area contributed by atoms with E-state index in [2.05, 4.69) is 5.32 Å². The molecule has 0 amide bonds. The van der Waals surface area contributed by atoms with Crippen molar-refractivity contribution in [3.63, 3.8) is 0 Å². The van der Waals surface area contributed by atoms with E-state index in [1.807, 2.05) is 11.9 Å². The van der Waals surface area contributed by atoms with Gasteiger partial charge in [-0.05, 0) is 31.3 Å². The molecule has 2 aromatic carbocycles. The SMILES string of the molecule is CN(CCNc1cc(C(=O)O)ccc1F)Cc1ccccc1F. The quantitative estimate of drug-likeness (QED) is 0.822. The molecule has 4 nitrogen and oxygen atoms in total. The van der Waals surface area contributed by atoms with Gasteiger partial charge in [0.1, 0.15) is 11.6 Å². The van der Waals surface area contributed by atoms with Gasteiger partial charge in [0.15, 0.2) is 0 Å². The molecular formula is C17H18F2N2O2. The van der Waals surface area contributed by atoms with Crippen molar-refractivity contribution in [2.75, 3.05) is 25.5 Å². The van der Waals surface area contributed by atoms with E-state index in [-0.39, 0.29) is 17.1 Å². The number of rotatable bonds is 7. The third-order valence-electron chi connectivity index (χ3n) is 3.42. The average Bonchev–Trinajstić information content (AvgIpc) is 2.51. The van der Waals surface area contributed by atoms with E-state index in [1.54, 1.807) is 18.2 Å². The lowest BCUT2D eigenvalue weighted by Gasteiger charge is -2.18. The van der Waals surface area contributed by atoms with E-state index in [9.17, 15) is 13.6 Å². The molecule has 122 valence electrons. The fraction of sp³-hybridized carbons (Fsp3) is 0.235. The van der Waals surface area contributed by atoms with Crippen LogP contribution in [0.4, 0.5) is 14.5 Å². The van der Waals surface area contributed by atoms with Crippen molar-refractivity contribution in [3.05, 3.63) is 65.2 Å². The zero-order valence-corrected chi connectivity index (χ0v) is 12.7. The largest absolute Gasteiger partial charge is 0.478 e. The summed E-state index contributed by atoms with van der Waals surface area (Å²) >= 11 is 0. The number of nitrogens with zero attached hydrogens (tertiary/aromatic N) is 1. The predicted octanol–water partition coefficient (Wildman–Crippen LogP) is 3.21. The first kappa shape index (κ1) is 16.9. The highest BCUT2D eigenvalue weighted by atomic mass is 19.1. The highest BCUT2D eigenvalue weighted by Crippen LogP contribution is 2.16. The van der Waals surface area contributed by atoms with Gasteiger partial charge in [-0.3, -0.25) is 0 Å². The Balaban J connectivity index is 1.88. The van der Waals surface area contributed by atoms with Crippen molar-refractivity contribution in [3.8, 4) is 0 Å². The van der Waals surface area contributed by atoms with Crippen molar-refractivity contribution < 1.29 is 18.7 Å². The number of hydrogen-bond acceptors (Lipinski definition) is 3. The normalized spacial score (nSPS) is 10.8. The molecule has 0 atom stereocenters. The molecule has 0 saturated heterocycles. The van der Waals surface area contributed by atoms with E-state index in [4.69, 9.17) is 5.11 Å². The fourth-order valence-electron chi connectivity index (χ4n) is 2.17. The first-order chi connectivity index (χ1) is 11.0. The van der Waals surface area contributed by atoms with Gasteiger partial charge in [0.25, 0.3) is 0 Å². The van der Waals surface area contributed by atoms with Gasteiger partial charge in [-0.25, -0.2) is 13.6 Å². The van der Waals surface area contributed by atoms with E-state index in [0.717, 1.165) is 6.07 Å². The van der Waals surface area contributed by atoms with Crippen LogP contribution in [-0.2, 0) is 6.54 Å². The van der Waals surface area contributed by atoms with Gasteiger partial charge in [-0.15, -0.1) is 0 Å². The Kier molecular flexibility index (Phi) is 5.65. The lowest BCUT2D eigenvalue weighted by atomic mass is 10.2. The van der Waals surface area contributed by atoms with Crippen LogP contribution in [0.2, 0.25) is 0 Å². The topological polar surface area (TPSA) is 52.6 Å². The Morgan fingerprint density at radius 1 is 1.17 bits per heavy atom. The summed E-state index contributed by atoms with van der Waals surface area (Å²) in [5.74, 6) is -1.87. The molecule has 0 aliphatic rings. The maximum Gasteiger partial charge on any atom is 0.335 e. The number of benzene rings is 2. The van der Waals surface area contributed by atoms with Gasteiger partial charge >= 0.3 is 5.97 Å². The number of carboxylic acid groups (broad SMARTS) is 1. The standard InChI is InChI=1S/C17H18F2N2O2/c1-21(11-13-4-2-3-5-14(13)18)9-8-20-16-10-12(17(22)23)6-7-15(16)19/h2-7,10,20H,8-9,11H2,1H3,(H,22,23). The van der Waals surface area contributed by atoms with Gasteiger partial charge in [0.2, 0.25) is 0 Å². The molecular weight excluding hydrogens is 302 g/mol. The summed E-state index contributed by atoms with van der Waals surface area (Å²) in [5.41, 5.74) is 0.756. The summed E-state index contributed by atoms with van der Waals surface area (Å²) in [7, 11) is 1.83. The number of hydrogen-bond donors (Lipinski definition) is 2. The van der Waals surface area contributed by atoms with Crippen molar-refractivity contribution >= 4 is 11.7 Å². The minimum absolute atomic E-state index is 0.0219. The van der Waals surface area contributed by atoms with Gasteiger partial charge in [-0.1, -0.05) is 18.2 Å². The molecule has 0 bridgehead atoms. The van der Waals surface area contributed by atoms with Crippen molar-refractivity contribution in [2.24, 2.45) is 0 Å². The molecule has 0 spiro atoms. The first-order valence-corrected chi connectivity index (χ1v) is 7.16. The number of carbonyl (C=O) groups is 1. The molecule has 2 rings (SSSR count). The number of nitrogens with one attached hydrogen (secondary N) is 1. The average molecular weight is 320 g/mol. The monoisotopic (exact) mass is 320 g/mol. The highest BCUT2D eigenvalue weighted by Gasteiger charge is 2.09. The minimum atomic E-state index is -1.11.